The zero-order valence-corrected chi connectivity index (χ0v) is 13.5. The number of carbonyl (C=O) groups excluding carboxylic acids is 1. The number of benzene rings is 2. The van der Waals surface area contributed by atoms with Crippen LogP contribution in [0, 0.1) is 6.92 Å². The summed E-state index contributed by atoms with van der Waals surface area (Å²) in [6.07, 6.45) is 1.01. The monoisotopic (exact) mass is 344 g/mol. The molecule has 1 aliphatic rings. The Morgan fingerprint density at radius 2 is 2.14 bits per heavy atom. The number of halogens is 1. The Morgan fingerprint density at radius 1 is 1.29 bits per heavy atom. The van der Waals surface area contributed by atoms with Gasteiger partial charge < -0.3 is 10.6 Å². The molecule has 2 N–H and O–H groups in total. The average Bonchev–Trinajstić information content (AvgIpc) is 2.50. The van der Waals surface area contributed by atoms with Gasteiger partial charge in [-0.25, -0.2) is 0 Å². The van der Waals surface area contributed by atoms with Crippen molar-refractivity contribution in [2.45, 2.75) is 19.9 Å². The van der Waals surface area contributed by atoms with E-state index in [0.717, 1.165) is 35.2 Å². The normalized spacial score (nSPS) is 13.6. The summed E-state index contributed by atoms with van der Waals surface area (Å²) in [6.45, 7) is 3.78. The second kappa shape index (κ2) is 6.00. The standard InChI is InChI=1S/C17H17BrN2O/c1-11-5-6-15(18)13(9-11)17(21)20-16-4-2-3-12-7-8-19-10-14(12)16/h2-6,9,19H,7-8,10H2,1H3,(H,20,21). The number of rotatable bonds is 2. The summed E-state index contributed by atoms with van der Waals surface area (Å²) in [5.74, 6) is -0.0791. The van der Waals surface area contributed by atoms with Crippen molar-refractivity contribution in [3.05, 3.63) is 63.1 Å². The van der Waals surface area contributed by atoms with Crippen molar-refractivity contribution in [2.75, 3.05) is 11.9 Å². The molecule has 1 heterocycles. The summed E-state index contributed by atoms with van der Waals surface area (Å²) in [5, 5.41) is 6.40. The van der Waals surface area contributed by atoms with Crippen LogP contribution in [-0.4, -0.2) is 12.5 Å². The molecule has 21 heavy (non-hydrogen) atoms. The van der Waals surface area contributed by atoms with Crippen LogP contribution in [0.1, 0.15) is 27.0 Å². The molecule has 0 saturated heterocycles. The Labute approximate surface area is 132 Å². The number of amides is 1. The Hall–Kier alpha value is -1.65. The summed E-state index contributed by atoms with van der Waals surface area (Å²) in [4.78, 5) is 12.5. The van der Waals surface area contributed by atoms with Gasteiger partial charge in [0.05, 0.1) is 5.56 Å². The van der Waals surface area contributed by atoms with E-state index in [0.29, 0.717) is 5.56 Å². The van der Waals surface area contributed by atoms with Crippen LogP contribution in [0.2, 0.25) is 0 Å². The molecule has 0 unspecified atom stereocenters. The Bertz CT molecular complexity index is 697. The van der Waals surface area contributed by atoms with Crippen LogP contribution in [0.15, 0.2) is 40.9 Å². The van der Waals surface area contributed by atoms with E-state index in [1.165, 1.54) is 11.1 Å². The Balaban J connectivity index is 1.90. The molecule has 0 radical (unpaired) electrons. The minimum absolute atomic E-state index is 0.0791. The SMILES string of the molecule is Cc1ccc(Br)c(C(=O)Nc2cccc3c2CNCC3)c1. The van der Waals surface area contributed by atoms with Crippen LogP contribution < -0.4 is 10.6 Å². The molecule has 108 valence electrons. The Kier molecular flexibility index (Phi) is 4.08. The molecule has 2 aromatic carbocycles. The van der Waals surface area contributed by atoms with Gasteiger partial charge in [0.1, 0.15) is 0 Å². The molecule has 1 aliphatic heterocycles. The van der Waals surface area contributed by atoms with E-state index in [-0.39, 0.29) is 5.91 Å². The maximum absolute atomic E-state index is 12.5. The topological polar surface area (TPSA) is 41.1 Å². The second-order valence-electron chi connectivity index (χ2n) is 5.31. The lowest BCUT2D eigenvalue weighted by Gasteiger charge is -2.20. The first-order valence-corrected chi connectivity index (χ1v) is 7.83. The molecular weight excluding hydrogens is 328 g/mol. The van der Waals surface area contributed by atoms with Crippen LogP contribution in [0.25, 0.3) is 0 Å². The third kappa shape index (κ3) is 3.01. The second-order valence-corrected chi connectivity index (χ2v) is 6.16. The quantitative estimate of drug-likeness (QED) is 0.872. The Morgan fingerprint density at radius 3 is 3.00 bits per heavy atom. The van der Waals surface area contributed by atoms with Crippen LogP contribution in [-0.2, 0) is 13.0 Å². The van der Waals surface area contributed by atoms with Crippen LogP contribution in [0.5, 0.6) is 0 Å². The molecule has 3 nitrogen and oxygen atoms in total. The highest BCUT2D eigenvalue weighted by molar-refractivity contribution is 9.10. The van der Waals surface area contributed by atoms with E-state index >= 15 is 0 Å². The fourth-order valence-electron chi connectivity index (χ4n) is 2.63. The van der Waals surface area contributed by atoms with Gasteiger partial charge in [-0.05, 0) is 65.1 Å². The third-order valence-corrected chi connectivity index (χ3v) is 4.45. The van der Waals surface area contributed by atoms with Crippen LogP contribution in [0.3, 0.4) is 0 Å². The van der Waals surface area contributed by atoms with Crippen molar-refractivity contribution in [3.8, 4) is 0 Å². The molecule has 0 saturated carbocycles. The maximum Gasteiger partial charge on any atom is 0.256 e. The summed E-state index contributed by atoms with van der Waals surface area (Å²) >= 11 is 3.45. The van der Waals surface area contributed by atoms with E-state index in [9.17, 15) is 4.79 Å². The zero-order valence-electron chi connectivity index (χ0n) is 11.9. The molecular formula is C17H17BrN2O. The molecule has 4 heteroatoms. The number of nitrogens with one attached hydrogen (secondary N) is 2. The van der Waals surface area contributed by atoms with Crippen LogP contribution in [0.4, 0.5) is 5.69 Å². The van der Waals surface area contributed by atoms with Crippen molar-refractivity contribution in [1.82, 2.24) is 5.32 Å². The molecule has 0 atom stereocenters. The predicted octanol–water partition coefficient (Wildman–Crippen LogP) is 3.66. The zero-order chi connectivity index (χ0) is 14.8. The highest BCUT2D eigenvalue weighted by Gasteiger charge is 2.16. The fraction of sp³-hybridized carbons (Fsp3) is 0.235. The number of anilines is 1. The third-order valence-electron chi connectivity index (χ3n) is 3.76. The lowest BCUT2D eigenvalue weighted by Crippen LogP contribution is -2.25. The molecule has 0 spiro atoms. The molecule has 2 aromatic rings. The minimum atomic E-state index is -0.0791. The smallest absolute Gasteiger partial charge is 0.256 e. The van der Waals surface area contributed by atoms with Gasteiger partial charge in [0, 0.05) is 16.7 Å². The van der Waals surface area contributed by atoms with Crippen molar-refractivity contribution in [1.29, 1.82) is 0 Å². The lowest BCUT2D eigenvalue weighted by atomic mass is 9.99. The minimum Gasteiger partial charge on any atom is -0.322 e. The van der Waals surface area contributed by atoms with Crippen molar-refractivity contribution in [2.24, 2.45) is 0 Å². The first kappa shape index (κ1) is 14.3. The van der Waals surface area contributed by atoms with Gasteiger partial charge >= 0.3 is 0 Å². The van der Waals surface area contributed by atoms with E-state index in [2.05, 4.69) is 32.6 Å². The van der Waals surface area contributed by atoms with Crippen LogP contribution >= 0.6 is 15.9 Å². The van der Waals surface area contributed by atoms with Gasteiger partial charge in [-0.15, -0.1) is 0 Å². The number of carbonyl (C=O) groups is 1. The molecule has 1 amide bonds. The van der Waals surface area contributed by atoms with Gasteiger partial charge in [-0.1, -0.05) is 23.8 Å². The summed E-state index contributed by atoms with van der Waals surface area (Å²) in [7, 11) is 0. The number of aryl methyl sites for hydroxylation is 1. The summed E-state index contributed by atoms with van der Waals surface area (Å²) in [5.41, 5.74) is 5.14. The summed E-state index contributed by atoms with van der Waals surface area (Å²) in [6, 6.07) is 11.9. The van der Waals surface area contributed by atoms with Gasteiger partial charge in [-0.2, -0.15) is 0 Å². The first-order chi connectivity index (χ1) is 10.1. The van der Waals surface area contributed by atoms with Gasteiger partial charge in [0.15, 0.2) is 0 Å². The van der Waals surface area contributed by atoms with E-state index in [1.54, 1.807) is 0 Å². The molecule has 0 bridgehead atoms. The molecule has 3 rings (SSSR count). The highest BCUT2D eigenvalue weighted by atomic mass is 79.9. The van der Waals surface area contributed by atoms with Gasteiger partial charge in [0.25, 0.3) is 5.91 Å². The average molecular weight is 345 g/mol. The number of hydrogen-bond acceptors (Lipinski definition) is 2. The largest absolute Gasteiger partial charge is 0.322 e. The molecule has 0 fully saturated rings. The predicted molar refractivity (Wildman–Crippen MR) is 88.7 cm³/mol. The lowest BCUT2D eigenvalue weighted by molar-refractivity contribution is 0.102. The maximum atomic E-state index is 12.5. The van der Waals surface area contributed by atoms with E-state index in [1.807, 2.05) is 37.3 Å². The highest BCUT2D eigenvalue weighted by Crippen LogP contribution is 2.25. The molecule has 0 aliphatic carbocycles. The van der Waals surface area contributed by atoms with E-state index in [4.69, 9.17) is 0 Å². The fourth-order valence-corrected chi connectivity index (χ4v) is 3.06. The summed E-state index contributed by atoms with van der Waals surface area (Å²) < 4.78 is 0.813. The van der Waals surface area contributed by atoms with Gasteiger partial charge in [-0.3, -0.25) is 4.79 Å². The van der Waals surface area contributed by atoms with Gasteiger partial charge in [0.2, 0.25) is 0 Å². The number of fused-ring (bicyclic) bond motifs is 1. The van der Waals surface area contributed by atoms with Crippen molar-refractivity contribution in [3.63, 3.8) is 0 Å². The van der Waals surface area contributed by atoms with E-state index < -0.39 is 0 Å². The van der Waals surface area contributed by atoms with Crippen molar-refractivity contribution >= 4 is 27.5 Å². The number of hydrogen-bond donors (Lipinski definition) is 2. The first-order valence-electron chi connectivity index (χ1n) is 7.04. The van der Waals surface area contributed by atoms with Crippen molar-refractivity contribution < 1.29 is 4.79 Å². The molecule has 0 aromatic heterocycles.